The van der Waals surface area contributed by atoms with E-state index in [0.29, 0.717) is 36.6 Å². The highest BCUT2D eigenvalue weighted by molar-refractivity contribution is 6.50. The van der Waals surface area contributed by atoms with Crippen LogP contribution in [0.2, 0.25) is 11.0 Å². The molecular formula is C25H22B3N3O6. The lowest BCUT2D eigenvalue weighted by Gasteiger charge is -2.46. The number of piperidine rings is 1. The number of fused-ring (bicyclic) bond motifs is 1. The number of morpholine rings is 1. The standard InChI is InChI=1S/C25H22B3N3O6/c26-20-22(33)29-23(34)21(25(20,27)28)31-11-17-16(24(31)35)2-1-3-18(17)37-12-15-6-4-14(5-7-15)10-30-8-9-36-13-19(30)32/h1-7,20-21H,8-13H2,(H,29,33,34). The lowest BCUT2D eigenvalue weighted by atomic mass is 9.39. The van der Waals surface area contributed by atoms with Crippen molar-refractivity contribution in [2.45, 2.75) is 36.8 Å². The first-order chi connectivity index (χ1) is 17.7. The predicted octanol–water partition coefficient (Wildman–Crippen LogP) is 0.0154. The molecule has 3 aliphatic rings. The fraction of sp³-hybridized carbons (Fsp3) is 0.360. The van der Waals surface area contributed by atoms with E-state index in [9.17, 15) is 19.2 Å². The third-order valence-corrected chi connectivity index (χ3v) is 6.93. The minimum absolute atomic E-state index is 0.0198. The molecule has 2 unspecified atom stereocenters. The zero-order chi connectivity index (χ0) is 26.3. The van der Waals surface area contributed by atoms with Gasteiger partial charge in [0.2, 0.25) is 17.7 Å². The molecule has 0 bridgehead atoms. The molecule has 37 heavy (non-hydrogen) atoms. The Hall–Kier alpha value is -3.53. The number of ether oxygens (including phenoxy) is 2. The number of amides is 4. The first kappa shape index (κ1) is 25.1. The lowest BCUT2D eigenvalue weighted by Crippen LogP contribution is -2.62. The second-order valence-corrected chi connectivity index (χ2v) is 9.42. The van der Waals surface area contributed by atoms with Crippen LogP contribution < -0.4 is 10.1 Å². The van der Waals surface area contributed by atoms with Gasteiger partial charge in [0.1, 0.15) is 25.0 Å². The van der Waals surface area contributed by atoms with Gasteiger partial charge in [0.15, 0.2) is 0 Å². The van der Waals surface area contributed by atoms with Crippen molar-refractivity contribution in [2.24, 2.45) is 0 Å². The molecule has 2 aromatic rings. The van der Waals surface area contributed by atoms with Crippen LogP contribution in [0.15, 0.2) is 42.5 Å². The second kappa shape index (κ2) is 9.74. The molecule has 2 fully saturated rings. The Morgan fingerprint density at radius 3 is 2.49 bits per heavy atom. The summed E-state index contributed by atoms with van der Waals surface area (Å²) in [6.45, 7) is 1.99. The van der Waals surface area contributed by atoms with Crippen molar-refractivity contribution in [1.29, 1.82) is 0 Å². The molecule has 9 nitrogen and oxygen atoms in total. The second-order valence-electron chi connectivity index (χ2n) is 9.42. The number of rotatable bonds is 6. The van der Waals surface area contributed by atoms with Crippen molar-refractivity contribution >= 4 is 47.2 Å². The Bertz CT molecular complexity index is 1270. The molecule has 5 rings (SSSR count). The van der Waals surface area contributed by atoms with Crippen molar-refractivity contribution < 1.29 is 28.7 Å². The van der Waals surface area contributed by atoms with Crippen LogP contribution in [-0.2, 0) is 38.8 Å². The molecule has 0 spiro atoms. The van der Waals surface area contributed by atoms with Gasteiger partial charge in [-0.3, -0.25) is 24.5 Å². The number of benzene rings is 2. The number of carbonyl (C=O) groups is 4. The van der Waals surface area contributed by atoms with E-state index in [-0.39, 0.29) is 25.7 Å². The largest absolute Gasteiger partial charge is 0.489 e. The van der Waals surface area contributed by atoms with Gasteiger partial charge in [-0.05, 0) is 29.1 Å². The molecule has 1 N–H and O–H groups in total. The van der Waals surface area contributed by atoms with E-state index in [1.165, 1.54) is 4.90 Å². The molecule has 2 atom stereocenters. The molecule has 0 aromatic heterocycles. The highest BCUT2D eigenvalue weighted by Gasteiger charge is 2.51. The van der Waals surface area contributed by atoms with E-state index in [0.717, 1.165) is 11.1 Å². The number of nitrogens with zero attached hydrogens (tertiary/aromatic N) is 2. The zero-order valence-electron chi connectivity index (χ0n) is 20.0. The fourth-order valence-electron chi connectivity index (χ4n) is 4.81. The van der Waals surface area contributed by atoms with Crippen molar-refractivity contribution in [3.8, 4) is 5.75 Å². The van der Waals surface area contributed by atoms with Crippen LogP contribution in [0.5, 0.6) is 5.75 Å². The normalized spacial score (nSPS) is 23.1. The minimum Gasteiger partial charge on any atom is -0.489 e. The van der Waals surface area contributed by atoms with Crippen LogP contribution in [-0.4, -0.2) is 82.8 Å². The third kappa shape index (κ3) is 4.66. The molecule has 0 aliphatic carbocycles. The van der Waals surface area contributed by atoms with Crippen LogP contribution in [0.3, 0.4) is 0 Å². The molecular weight excluding hydrogens is 471 g/mol. The summed E-state index contributed by atoms with van der Waals surface area (Å²) >= 11 is 0. The van der Waals surface area contributed by atoms with Crippen molar-refractivity contribution in [3.63, 3.8) is 0 Å². The van der Waals surface area contributed by atoms with Crippen molar-refractivity contribution in [1.82, 2.24) is 15.1 Å². The molecule has 12 heteroatoms. The Kier molecular flexibility index (Phi) is 6.62. The highest BCUT2D eigenvalue weighted by Crippen LogP contribution is 2.44. The van der Waals surface area contributed by atoms with Crippen LogP contribution >= 0.6 is 0 Å². The molecule has 2 saturated heterocycles. The molecule has 2 aromatic carbocycles. The van der Waals surface area contributed by atoms with E-state index in [1.807, 2.05) is 24.3 Å². The number of nitrogens with one attached hydrogen (secondary N) is 1. The van der Waals surface area contributed by atoms with E-state index < -0.39 is 34.8 Å². The fourth-order valence-corrected chi connectivity index (χ4v) is 4.81. The van der Waals surface area contributed by atoms with Gasteiger partial charge >= 0.3 is 0 Å². The van der Waals surface area contributed by atoms with Gasteiger partial charge in [-0.15, -0.1) is 0 Å². The van der Waals surface area contributed by atoms with E-state index >= 15 is 0 Å². The number of hydrogen-bond acceptors (Lipinski definition) is 6. The smallest absolute Gasteiger partial charge is 0.255 e. The van der Waals surface area contributed by atoms with Gasteiger partial charge in [0.25, 0.3) is 5.91 Å². The van der Waals surface area contributed by atoms with Gasteiger partial charge in [-0.25, -0.2) is 0 Å². The summed E-state index contributed by atoms with van der Waals surface area (Å²) in [5, 5.41) is 0.198. The van der Waals surface area contributed by atoms with E-state index in [4.69, 9.17) is 33.0 Å². The Morgan fingerprint density at radius 2 is 1.76 bits per heavy atom. The van der Waals surface area contributed by atoms with Gasteiger partial charge < -0.3 is 19.3 Å². The summed E-state index contributed by atoms with van der Waals surface area (Å²) in [6.07, 6.45) is 0. The zero-order valence-corrected chi connectivity index (χ0v) is 20.0. The van der Waals surface area contributed by atoms with Gasteiger partial charge in [-0.2, -0.15) is 0 Å². The first-order valence-corrected chi connectivity index (χ1v) is 11.8. The maximum atomic E-state index is 13.2. The van der Waals surface area contributed by atoms with Crippen molar-refractivity contribution in [3.05, 3.63) is 64.7 Å². The molecule has 182 valence electrons. The average molecular weight is 493 g/mol. The monoisotopic (exact) mass is 493 g/mol. The molecule has 4 amide bonds. The highest BCUT2D eigenvalue weighted by atomic mass is 16.5. The third-order valence-electron chi connectivity index (χ3n) is 6.93. The summed E-state index contributed by atoms with van der Waals surface area (Å²) in [7, 11) is 18.0. The van der Waals surface area contributed by atoms with Gasteiger partial charge in [-0.1, -0.05) is 35.5 Å². The molecule has 6 radical (unpaired) electrons. The predicted molar refractivity (Wildman–Crippen MR) is 134 cm³/mol. The molecule has 3 aliphatic heterocycles. The summed E-state index contributed by atoms with van der Waals surface area (Å²) in [6, 6.07) is 11.4. The maximum absolute atomic E-state index is 13.2. The minimum atomic E-state index is -1.94. The Labute approximate surface area is 218 Å². The van der Waals surface area contributed by atoms with E-state index in [1.54, 1.807) is 23.1 Å². The molecule has 3 heterocycles. The SMILES string of the molecule is [B]C1C(=O)NC(=O)C(N2Cc3c(OCc4ccc(CN5CCOCC5=O)cc4)cccc3C2=O)C1([B])[B]. The Morgan fingerprint density at radius 1 is 1.03 bits per heavy atom. The van der Waals surface area contributed by atoms with Crippen LogP contribution in [0.4, 0.5) is 0 Å². The topological polar surface area (TPSA) is 105 Å². The quantitative estimate of drug-likeness (QED) is 0.450. The van der Waals surface area contributed by atoms with Crippen LogP contribution in [0, 0.1) is 0 Å². The average Bonchev–Trinajstić information content (AvgIpc) is 3.20. The van der Waals surface area contributed by atoms with E-state index in [2.05, 4.69) is 5.32 Å². The van der Waals surface area contributed by atoms with Gasteiger partial charge in [0, 0.05) is 24.2 Å². The summed E-state index contributed by atoms with van der Waals surface area (Å²) < 4.78 is 11.2. The van der Waals surface area contributed by atoms with Crippen molar-refractivity contribution in [2.75, 3.05) is 19.8 Å². The van der Waals surface area contributed by atoms with Crippen LogP contribution in [0.25, 0.3) is 0 Å². The molecule has 0 saturated carbocycles. The van der Waals surface area contributed by atoms with Crippen LogP contribution in [0.1, 0.15) is 27.0 Å². The first-order valence-electron chi connectivity index (χ1n) is 11.8. The Balaban J connectivity index is 1.28. The summed E-state index contributed by atoms with van der Waals surface area (Å²) in [5.41, 5.74) is 2.84. The summed E-state index contributed by atoms with van der Waals surface area (Å²) in [5.74, 6) is -2.94. The maximum Gasteiger partial charge on any atom is 0.255 e. The summed E-state index contributed by atoms with van der Waals surface area (Å²) in [4.78, 5) is 52.7. The number of carbonyl (C=O) groups excluding carboxylic acids is 4. The number of hydrogen-bond donors (Lipinski definition) is 1. The lowest BCUT2D eigenvalue weighted by molar-refractivity contribution is -0.143. The van der Waals surface area contributed by atoms with Gasteiger partial charge in [0.05, 0.1) is 36.7 Å². The number of imide groups is 1.